The largest absolute Gasteiger partial charge is 0.487 e. The van der Waals surface area contributed by atoms with Gasteiger partial charge < -0.3 is 20.5 Å². The van der Waals surface area contributed by atoms with Crippen molar-refractivity contribution < 1.29 is 14.3 Å². The molecule has 0 radical (unpaired) electrons. The molecule has 3 N–H and O–H groups in total. The lowest BCUT2D eigenvalue weighted by molar-refractivity contribution is -0.125. The fourth-order valence-corrected chi connectivity index (χ4v) is 1.33. The monoisotopic (exact) mass is 296 g/mol. The number of anilines is 1. The summed E-state index contributed by atoms with van der Waals surface area (Å²) in [5.41, 5.74) is 5.68. The lowest BCUT2D eigenvalue weighted by Gasteiger charge is -2.19. The molecule has 6 heteroatoms. The number of amides is 1. The highest BCUT2D eigenvalue weighted by molar-refractivity contribution is 7.80. The lowest BCUT2D eigenvalue weighted by atomic mass is 10.2. The lowest BCUT2D eigenvalue weighted by Crippen LogP contribution is -2.27. The number of hydrogen-bond donors (Lipinski definition) is 2. The average Bonchev–Trinajstić information content (AvgIpc) is 2.35. The van der Waals surface area contributed by atoms with Crippen molar-refractivity contribution in [2.24, 2.45) is 5.73 Å². The van der Waals surface area contributed by atoms with Crippen LogP contribution in [0.25, 0.3) is 0 Å². The molecule has 0 atom stereocenters. The van der Waals surface area contributed by atoms with Gasteiger partial charge in [-0.2, -0.15) is 0 Å². The first-order valence-corrected chi connectivity index (χ1v) is 6.62. The van der Waals surface area contributed by atoms with Gasteiger partial charge in [0.2, 0.25) is 5.91 Å². The minimum atomic E-state index is -0.338. The maximum Gasteiger partial charge on any atom is 0.250 e. The van der Waals surface area contributed by atoms with Crippen LogP contribution in [-0.2, 0) is 9.53 Å². The highest BCUT2D eigenvalue weighted by Gasteiger charge is 2.12. The van der Waals surface area contributed by atoms with Crippen molar-refractivity contribution in [3.63, 3.8) is 0 Å². The van der Waals surface area contributed by atoms with E-state index in [0.29, 0.717) is 16.4 Å². The van der Waals surface area contributed by atoms with E-state index in [1.807, 2.05) is 20.8 Å². The topological polar surface area (TPSA) is 73.6 Å². The van der Waals surface area contributed by atoms with Gasteiger partial charge in [0.15, 0.2) is 0 Å². The minimum Gasteiger partial charge on any atom is -0.487 e. The summed E-state index contributed by atoms with van der Waals surface area (Å²) < 4.78 is 10.7. The fourth-order valence-electron chi connectivity index (χ4n) is 1.27. The predicted octanol–water partition coefficient (Wildman–Crippen LogP) is 2.11. The summed E-state index contributed by atoms with van der Waals surface area (Å²) in [6, 6.07) is 6.95. The quantitative estimate of drug-likeness (QED) is 0.787. The van der Waals surface area contributed by atoms with E-state index < -0.39 is 0 Å². The van der Waals surface area contributed by atoms with E-state index >= 15 is 0 Å². The number of nitrogens with one attached hydrogen (secondary N) is 1. The summed E-state index contributed by atoms with van der Waals surface area (Å²) in [6.45, 7) is 5.90. The molecular weight excluding hydrogens is 276 g/mol. The molecule has 0 heterocycles. The molecule has 1 aromatic rings. The van der Waals surface area contributed by atoms with E-state index in [0.717, 1.165) is 0 Å². The molecule has 0 saturated heterocycles. The molecule has 0 aromatic heterocycles. The second-order valence-corrected chi connectivity index (χ2v) is 5.75. The molecule has 0 aliphatic carbocycles. The third kappa shape index (κ3) is 7.06. The Labute approximate surface area is 124 Å². The van der Waals surface area contributed by atoms with Gasteiger partial charge in [0.05, 0.1) is 5.60 Å². The first kappa shape index (κ1) is 16.4. The smallest absolute Gasteiger partial charge is 0.250 e. The van der Waals surface area contributed by atoms with E-state index in [1.165, 1.54) is 0 Å². The van der Waals surface area contributed by atoms with Crippen LogP contribution in [0.15, 0.2) is 24.3 Å². The first-order valence-electron chi connectivity index (χ1n) is 6.21. The minimum absolute atomic E-state index is 0.0171. The normalized spacial score (nSPS) is 10.9. The summed E-state index contributed by atoms with van der Waals surface area (Å²) in [4.78, 5) is 12.0. The van der Waals surface area contributed by atoms with Crippen LogP contribution in [0.1, 0.15) is 20.8 Å². The van der Waals surface area contributed by atoms with Crippen LogP contribution >= 0.6 is 12.2 Å². The number of ether oxygens (including phenoxy) is 2. The maximum atomic E-state index is 11.7. The fraction of sp³-hybridized carbons (Fsp3) is 0.429. The van der Waals surface area contributed by atoms with Crippen molar-refractivity contribution in [1.29, 1.82) is 0 Å². The standard InChI is InChI=1S/C14H20N2O3S/c1-14(2,3)19-9-13(17)16-10-4-6-11(7-5-10)18-8-12(15)20/h4-7H,8-9H2,1-3H3,(H2,15,20)(H,16,17). The van der Waals surface area contributed by atoms with Crippen molar-refractivity contribution in [2.75, 3.05) is 18.5 Å². The predicted molar refractivity (Wildman–Crippen MR) is 83.1 cm³/mol. The molecule has 0 saturated carbocycles. The van der Waals surface area contributed by atoms with E-state index in [4.69, 9.17) is 27.4 Å². The Morgan fingerprint density at radius 3 is 2.35 bits per heavy atom. The molecule has 1 amide bonds. The molecule has 1 aromatic carbocycles. The van der Waals surface area contributed by atoms with Gasteiger partial charge in [0.1, 0.15) is 24.0 Å². The van der Waals surface area contributed by atoms with E-state index in [-0.39, 0.29) is 24.7 Å². The zero-order valence-electron chi connectivity index (χ0n) is 11.9. The number of rotatable bonds is 6. The second-order valence-electron chi connectivity index (χ2n) is 5.23. The van der Waals surface area contributed by atoms with Crippen molar-refractivity contribution in [1.82, 2.24) is 0 Å². The summed E-state index contributed by atoms with van der Waals surface area (Å²) in [6.07, 6.45) is 0. The number of carbonyl (C=O) groups is 1. The summed E-state index contributed by atoms with van der Waals surface area (Å²) in [7, 11) is 0. The van der Waals surface area contributed by atoms with Gasteiger partial charge in [0, 0.05) is 5.69 Å². The van der Waals surface area contributed by atoms with E-state index in [2.05, 4.69) is 5.32 Å². The van der Waals surface area contributed by atoms with Gasteiger partial charge in [-0.05, 0) is 45.0 Å². The van der Waals surface area contributed by atoms with Crippen LogP contribution in [0.2, 0.25) is 0 Å². The third-order valence-corrected chi connectivity index (χ3v) is 2.27. The van der Waals surface area contributed by atoms with Crippen molar-refractivity contribution in [2.45, 2.75) is 26.4 Å². The molecular formula is C14H20N2O3S. The van der Waals surface area contributed by atoms with Crippen LogP contribution in [0.3, 0.4) is 0 Å². The Morgan fingerprint density at radius 1 is 1.25 bits per heavy atom. The Bertz CT molecular complexity index is 466. The van der Waals surface area contributed by atoms with Gasteiger partial charge in [-0.25, -0.2) is 0 Å². The molecule has 110 valence electrons. The van der Waals surface area contributed by atoms with Crippen molar-refractivity contribution in [3.8, 4) is 5.75 Å². The number of hydrogen-bond acceptors (Lipinski definition) is 4. The number of thiocarbonyl (C=S) groups is 1. The Kier molecular flexibility index (Phi) is 5.91. The van der Waals surface area contributed by atoms with Gasteiger partial charge in [-0.3, -0.25) is 4.79 Å². The highest BCUT2D eigenvalue weighted by Crippen LogP contribution is 2.15. The summed E-state index contributed by atoms with van der Waals surface area (Å²) in [5.74, 6) is 0.443. The average molecular weight is 296 g/mol. The Morgan fingerprint density at radius 2 is 1.85 bits per heavy atom. The molecule has 0 spiro atoms. The van der Waals surface area contributed by atoms with Gasteiger partial charge in [-0.15, -0.1) is 0 Å². The zero-order chi connectivity index (χ0) is 15.2. The van der Waals surface area contributed by atoms with Crippen molar-refractivity contribution >= 4 is 28.8 Å². The van der Waals surface area contributed by atoms with Crippen molar-refractivity contribution in [3.05, 3.63) is 24.3 Å². The molecule has 5 nitrogen and oxygen atoms in total. The number of benzene rings is 1. The summed E-state index contributed by atoms with van der Waals surface area (Å²) >= 11 is 4.72. The SMILES string of the molecule is CC(C)(C)OCC(=O)Nc1ccc(OCC(N)=S)cc1. The Balaban J connectivity index is 2.44. The molecule has 1 rings (SSSR count). The third-order valence-electron chi connectivity index (χ3n) is 2.16. The second kappa shape index (κ2) is 7.21. The van der Waals surface area contributed by atoms with Gasteiger partial charge in [-0.1, -0.05) is 12.2 Å². The number of nitrogens with two attached hydrogens (primary N) is 1. The number of carbonyl (C=O) groups excluding carboxylic acids is 1. The van der Waals surface area contributed by atoms with Crippen LogP contribution < -0.4 is 15.8 Å². The van der Waals surface area contributed by atoms with Crippen LogP contribution in [-0.4, -0.2) is 29.7 Å². The molecule has 0 fully saturated rings. The molecule has 20 heavy (non-hydrogen) atoms. The summed E-state index contributed by atoms with van der Waals surface area (Å²) in [5, 5.41) is 2.74. The first-order chi connectivity index (χ1) is 9.26. The Hall–Kier alpha value is -1.66. The van der Waals surface area contributed by atoms with Gasteiger partial charge in [0.25, 0.3) is 0 Å². The van der Waals surface area contributed by atoms with Crippen LogP contribution in [0.4, 0.5) is 5.69 Å². The van der Waals surface area contributed by atoms with E-state index in [9.17, 15) is 4.79 Å². The van der Waals surface area contributed by atoms with E-state index in [1.54, 1.807) is 24.3 Å². The maximum absolute atomic E-state index is 11.7. The van der Waals surface area contributed by atoms with Gasteiger partial charge >= 0.3 is 0 Å². The molecule has 0 bridgehead atoms. The molecule has 0 unspecified atom stereocenters. The zero-order valence-corrected chi connectivity index (χ0v) is 12.8. The highest BCUT2D eigenvalue weighted by atomic mass is 32.1. The molecule has 0 aliphatic heterocycles. The van der Waals surface area contributed by atoms with Crippen LogP contribution in [0.5, 0.6) is 5.75 Å². The molecule has 0 aliphatic rings. The van der Waals surface area contributed by atoms with Crippen LogP contribution in [0, 0.1) is 0 Å².